The maximum atomic E-state index is 11.0. The second kappa shape index (κ2) is 9.78. The molecule has 0 fully saturated rings. The van der Waals surface area contributed by atoms with E-state index in [9.17, 15) is 10.2 Å². The number of phenolic OH excluding ortho intramolecular Hbond substituents is 2. The summed E-state index contributed by atoms with van der Waals surface area (Å²) in [6.45, 7) is 5.86. The van der Waals surface area contributed by atoms with Gasteiger partial charge in [0.05, 0.1) is 17.1 Å². The molecule has 0 bridgehead atoms. The lowest BCUT2D eigenvalue weighted by Crippen LogP contribution is -1.86. The number of hydrogen-bond donors (Lipinski definition) is 3. The minimum Gasteiger partial charge on any atom is -0.507 e. The first-order valence-electron chi connectivity index (χ1n) is 12.9. The van der Waals surface area contributed by atoms with Gasteiger partial charge < -0.3 is 15.9 Å². The summed E-state index contributed by atoms with van der Waals surface area (Å²) in [6, 6.07) is 26.5. The Kier molecular flexibility index (Phi) is 6.11. The van der Waals surface area contributed by atoms with Crippen LogP contribution in [0.2, 0.25) is 0 Å². The van der Waals surface area contributed by atoms with E-state index in [0.717, 1.165) is 43.6 Å². The van der Waals surface area contributed by atoms with E-state index in [1.165, 1.54) is 0 Å². The summed E-state index contributed by atoms with van der Waals surface area (Å²) in [4.78, 5) is 0. The van der Waals surface area contributed by atoms with Crippen molar-refractivity contribution in [2.45, 2.75) is 20.8 Å². The predicted octanol–water partition coefficient (Wildman–Crippen LogP) is 9.90. The van der Waals surface area contributed by atoms with Gasteiger partial charge in [-0.25, -0.2) is 0 Å². The molecule has 7 nitrogen and oxygen atoms in total. The summed E-state index contributed by atoms with van der Waals surface area (Å²) >= 11 is 0. The molecule has 4 N–H and O–H groups in total. The zero-order chi connectivity index (χ0) is 28.0. The molecular weight excluding hydrogens is 498 g/mol. The van der Waals surface area contributed by atoms with Crippen molar-refractivity contribution in [2.75, 3.05) is 5.73 Å². The first-order chi connectivity index (χ1) is 19.3. The summed E-state index contributed by atoms with van der Waals surface area (Å²) in [5.74, 6) is 0.302. The molecule has 0 saturated heterocycles. The van der Waals surface area contributed by atoms with Crippen LogP contribution in [-0.2, 0) is 0 Å². The van der Waals surface area contributed by atoms with E-state index in [4.69, 9.17) is 5.73 Å². The zero-order valence-corrected chi connectivity index (χ0v) is 22.3. The van der Waals surface area contributed by atoms with Crippen LogP contribution in [0, 0.1) is 20.8 Å². The third-order valence-electron chi connectivity index (χ3n) is 7.02. The molecule has 6 rings (SSSR count). The number of anilines is 1. The Balaban J connectivity index is 1.39. The van der Waals surface area contributed by atoms with Gasteiger partial charge in [-0.15, -0.1) is 15.3 Å². The summed E-state index contributed by atoms with van der Waals surface area (Å²) in [5, 5.41) is 44.2. The standard InChI is InChI=1S/C33H27N5O2/c1-18-4-8-26-28(13-18)30(36-35-24-7-9-25-22(16-24)12-19(2)14-31(25)39)11-10-29(26)37-38-32-20(3)15-21-5-6-23(34)17-27(21)33(32)40/h4-17,39-40H,34H2,1-3H3. The summed E-state index contributed by atoms with van der Waals surface area (Å²) < 4.78 is 0. The lowest BCUT2D eigenvalue weighted by Gasteiger charge is -2.09. The Morgan fingerprint density at radius 3 is 2.12 bits per heavy atom. The van der Waals surface area contributed by atoms with Crippen LogP contribution in [0.5, 0.6) is 11.5 Å². The summed E-state index contributed by atoms with van der Waals surface area (Å²) in [5.41, 5.74) is 11.8. The van der Waals surface area contributed by atoms with Crippen LogP contribution in [0.4, 0.5) is 28.4 Å². The van der Waals surface area contributed by atoms with Crippen LogP contribution in [0.15, 0.2) is 105 Å². The number of aromatic hydroxyl groups is 2. The average Bonchev–Trinajstić information content (AvgIpc) is 2.92. The van der Waals surface area contributed by atoms with Crippen molar-refractivity contribution in [3.63, 3.8) is 0 Å². The maximum absolute atomic E-state index is 11.0. The number of nitrogens with zero attached hydrogens (tertiary/aromatic N) is 4. The first-order valence-corrected chi connectivity index (χ1v) is 12.9. The van der Waals surface area contributed by atoms with E-state index in [-0.39, 0.29) is 11.5 Å². The predicted molar refractivity (Wildman–Crippen MR) is 162 cm³/mol. The number of azo groups is 2. The Bertz CT molecular complexity index is 2030. The lowest BCUT2D eigenvalue weighted by atomic mass is 10.0. The normalized spacial score (nSPS) is 12.0. The quantitative estimate of drug-likeness (QED) is 0.157. The van der Waals surface area contributed by atoms with Crippen molar-refractivity contribution in [1.82, 2.24) is 0 Å². The third-order valence-corrected chi connectivity index (χ3v) is 7.02. The van der Waals surface area contributed by atoms with Crippen molar-refractivity contribution in [3.05, 3.63) is 102 Å². The molecule has 0 aromatic heterocycles. The Hall–Kier alpha value is -5.30. The Morgan fingerprint density at radius 1 is 0.550 bits per heavy atom. The lowest BCUT2D eigenvalue weighted by molar-refractivity contribution is 0.481. The highest BCUT2D eigenvalue weighted by Crippen LogP contribution is 2.41. The number of phenols is 2. The largest absolute Gasteiger partial charge is 0.507 e. The third kappa shape index (κ3) is 4.58. The minimum absolute atomic E-state index is 0.0514. The maximum Gasteiger partial charge on any atom is 0.151 e. The number of benzene rings is 6. The minimum atomic E-state index is 0.0514. The van der Waals surface area contributed by atoms with Gasteiger partial charge in [0.1, 0.15) is 11.4 Å². The number of hydrogen-bond acceptors (Lipinski definition) is 7. The number of rotatable bonds is 4. The van der Waals surface area contributed by atoms with Crippen LogP contribution >= 0.6 is 0 Å². The van der Waals surface area contributed by atoms with Gasteiger partial charge in [0.25, 0.3) is 0 Å². The van der Waals surface area contributed by atoms with Gasteiger partial charge in [0.15, 0.2) is 5.75 Å². The van der Waals surface area contributed by atoms with Crippen molar-refractivity contribution in [2.24, 2.45) is 20.5 Å². The van der Waals surface area contributed by atoms with Crippen molar-refractivity contribution >= 4 is 60.8 Å². The smallest absolute Gasteiger partial charge is 0.151 e. The Morgan fingerprint density at radius 2 is 1.30 bits per heavy atom. The molecule has 0 aliphatic carbocycles. The SMILES string of the molecule is Cc1cc(O)c2ccc(N=Nc3ccc(N=Nc4c(C)cc5ccc(N)cc5c4O)c4ccc(C)cc34)cc2c1. The highest BCUT2D eigenvalue weighted by Gasteiger charge is 2.12. The monoisotopic (exact) mass is 525 g/mol. The average molecular weight is 526 g/mol. The molecule has 0 atom stereocenters. The van der Waals surface area contributed by atoms with Gasteiger partial charge in [-0.3, -0.25) is 0 Å². The molecule has 0 amide bonds. The number of nitrogens with two attached hydrogens (primary N) is 1. The van der Waals surface area contributed by atoms with E-state index in [0.29, 0.717) is 33.8 Å². The van der Waals surface area contributed by atoms with Crippen molar-refractivity contribution in [3.8, 4) is 11.5 Å². The highest BCUT2D eigenvalue weighted by molar-refractivity contribution is 6.00. The summed E-state index contributed by atoms with van der Waals surface area (Å²) in [6.07, 6.45) is 0. The number of fused-ring (bicyclic) bond motifs is 3. The van der Waals surface area contributed by atoms with Gasteiger partial charge in [0.2, 0.25) is 0 Å². The van der Waals surface area contributed by atoms with Gasteiger partial charge in [0, 0.05) is 27.2 Å². The molecule has 196 valence electrons. The van der Waals surface area contributed by atoms with E-state index in [2.05, 4.69) is 20.5 Å². The Labute approximate surface area is 231 Å². The molecule has 0 aliphatic rings. The van der Waals surface area contributed by atoms with Crippen LogP contribution in [0.3, 0.4) is 0 Å². The van der Waals surface area contributed by atoms with Crippen LogP contribution in [0.1, 0.15) is 16.7 Å². The second-order valence-electron chi connectivity index (χ2n) is 10.1. The van der Waals surface area contributed by atoms with Crippen molar-refractivity contribution < 1.29 is 10.2 Å². The van der Waals surface area contributed by atoms with Gasteiger partial charge >= 0.3 is 0 Å². The molecule has 0 aliphatic heterocycles. The molecule has 7 heteroatoms. The van der Waals surface area contributed by atoms with E-state index >= 15 is 0 Å². The topological polar surface area (TPSA) is 116 Å². The molecule has 0 unspecified atom stereocenters. The molecule has 0 radical (unpaired) electrons. The molecule has 6 aromatic carbocycles. The molecule has 0 saturated carbocycles. The molecule has 0 spiro atoms. The van der Waals surface area contributed by atoms with Crippen LogP contribution in [0.25, 0.3) is 32.3 Å². The molecule has 0 heterocycles. The molecular formula is C33H27N5O2. The fourth-order valence-corrected chi connectivity index (χ4v) is 5.01. The number of nitrogen functional groups attached to an aromatic ring is 1. The molecule has 40 heavy (non-hydrogen) atoms. The highest BCUT2D eigenvalue weighted by atomic mass is 16.3. The summed E-state index contributed by atoms with van der Waals surface area (Å²) in [7, 11) is 0. The van der Waals surface area contributed by atoms with E-state index in [1.807, 2.05) is 87.5 Å². The van der Waals surface area contributed by atoms with Crippen LogP contribution in [-0.4, -0.2) is 10.2 Å². The zero-order valence-electron chi connectivity index (χ0n) is 22.3. The van der Waals surface area contributed by atoms with Crippen LogP contribution < -0.4 is 5.73 Å². The molecule has 6 aromatic rings. The van der Waals surface area contributed by atoms with E-state index in [1.54, 1.807) is 18.2 Å². The second-order valence-corrected chi connectivity index (χ2v) is 10.1. The van der Waals surface area contributed by atoms with Gasteiger partial charge in [-0.05, 0) is 103 Å². The van der Waals surface area contributed by atoms with Gasteiger partial charge in [-0.2, -0.15) is 5.11 Å². The number of aryl methyl sites for hydroxylation is 3. The fourth-order valence-electron chi connectivity index (χ4n) is 5.01. The fraction of sp³-hybridized carbons (Fsp3) is 0.0909. The van der Waals surface area contributed by atoms with Crippen molar-refractivity contribution in [1.29, 1.82) is 0 Å². The van der Waals surface area contributed by atoms with Gasteiger partial charge in [-0.1, -0.05) is 29.8 Å². The van der Waals surface area contributed by atoms with E-state index < -0.39 is 0 Å². The first kappa shape index (κ1) is 25.0.